The highest BCUT2D eigenvalue weighted by atomic mass is 32.1. The number of benzene rings is 2. The van der Waals surface area contributed by atoms with Crippen LogP contribution in [0.3, 0.4) is 0 Å². The van der Waals surface area contributed by atoms with Crippen molar-refractivity contribution in [3.05, 3.63) is 88.4 Å². The number of nitrogens with one attached hydrogen (secondary N) is 2. The van der Waals surface area contributed by atoms with E-state index in [2.05, 4.69) is 52.6 Å². The van der Waals surface area contributed by atoms with Gasteiger partial charge < -0.3 is 5.43 Å². The maximum atomic E-state index is 13.0. The summed E-state index contributed by atoms with van der Waals surface area (Å²) in [5, 5.41) is 2.07. The highest BCUT2D eigenvalue weighted by molar-refractivity contribution is 7.11. The summed E-state index contributed by atoms with van der Waals surface area (Å²) in [6.45, 7) is 0. The summed E-state index contributed by atoms with van der Waals surface area (Å²) in [4.78, 5) is 1.22. The third-order valence-electron chi connectivity index (χ3n) is 3.93. The van der Waals surface area contributed by atoms with Crippen LogP contribution in [0.1, 0.15) is 16.5 Å². The van der Waals surface area contributed by atoms with E-state index in [1.165, 1.54) is 22.6 Å². The molecule has 0 fully saturated rings. The Balaban J connectivity index is 1.56. The van der Waals surface area contributed by atoms with E-state index in [1.54, 1.807) is 23.5 Å². The van der Waals surface area contributed by atoms with Crippen molar-refractivity contribution in [1.29, 1.82) is 0 Å². The quantitative estimate of drug-likeness (QED) is 0.727. The first kappa shape index (κ1) is 14.2. The molecule has 0 spiro atoms. The summed E-state index contributed by atoms with van der Waals surface area (Å²) in [6, 6.07) is 19.2. The van der Waals surface area contributed by atoms with E-state index < -0.39 is 0 Å². The fourth-order valence-corrected chi connectivity index (χ4v) is 3.39. The van der Waals surface area contributed by atoms with Gasteiger partial charge >= 0.3 is 0 Å². The Hall–Kier alpha value is -2.43. The summed E-state index contributed by atoms with van der Waals surface area (Å²) in [5.74, 6) is -0.210. The van der Waals surface area contributed by atoms with Gasteiger partial charge in [-0.05, 0) is 46.3 Å². The lowest BCUT2D eigenvalue weighted by atomic mass is 10.0. The van der Waals surface area contributed by atoms with Crippen molar-refractivity contribution < 1.29 is 4.39 Å². The molecule has 1 aliphatic heterocycles. The monoisotopic (exact) mass is 322 g/mol. The Kier molecular flexibility index (Phi) is 3.69. The number of thiophene rings is 1. The molecule has 2 heterocycles. The summed E-state index contributed by atoms with van der Waals surface area (Å²) in [6.07, 6.45) is 2.19. The molecule has 1 atom stereocenters. The normalized spacial score (nSPS) is 16.9. The fourth-order valence-electron chi connectivity index (χ4n) is 2.69. The van der Waals surface area contributed by atoms with Crippen molar-refractivity contribution in [2.45, 2.75) is 6.04 Å². The summed E-state index contributed by atoms with van der Waals surface area (Å²) < 4.78 is 13.0. The predicted molar refractivity (Wildman–Crippen MR) is 93.1 cm³/mol. The molecule has 2 aromatic carbocycles. The first-order valence-corrected chi connectivity index (χ1v) is 8.31. The van der Waals surface area contributed by atoms with Crippen molar-refractivity contribution in [3.63, 3.8) is 0 Å². The molecule has 1 aromatic heterocycles. The van der Waals surface area contributed by atoms with Crippen molar-refractivity contribution >= 4 is 17.0 Å². The van der Waals surface area contributed by atoms with Crippen LogP contribution in [0.15, 0.2) is 72.1 Å². The number of rotatable bonds is 3. The van der Waals surface area contributed by atoms with E-state index in [0.29, 0.717) is 0 Å². The van der Waals surface area contributed by atoms with Gasteiger partial charge in [0.25, 0.3) is 0 Å². The molecular weight excluding hydrogens is 307 g/mol. The van der Waals surface area contributed by atoms with E-state index in [1.807, 2.05) is 6.07 Å². The highest BCUT2D eigenvalue weighted by Crippen LogP contribution is 2.28. The van der Waals surface area contributed by atoms with Crippen LogP contribution in [0, 0.1) is 5.82 Å². The number of halogens is 1. The van der Waals surface area contributed by atoms with Gasteiger partial charge in [0.2, 0.25) is 0 Å². The number of hydrazine groups is 1. The molecule has 2 nitrogen and oxygen atoms in total. The molecule has 3 aromatic rings. The maximum Gasteiger partial charge on any atom is 0.123 e. The predicted octanol–water partition coefficient (Wildman–Crippen LogP) is 4.74. The maximum absolute atomic E-state index is 13.0. The number of hydrogen-bond acceptors (Lipinski definition) is 3. The summed E-state index contributed by atoms with van der Waals surface area (Å²) in [5.41, 5.74) is 10.9. The second kappa shape index (κ2) is 5.99. The molecule has 0 saturated heterocycles. The van der Waals surface area contributed by atoms with E-state index in [4.69, 9.17) is 0 Å². The average molecular weight is 322 g/mol. The molecule has 4 heteroatoms. The van der Waals surface area contributed by atoms with Crippen molar-refractivity contribution in [1.82, 2.24) is 10.9 Å². The smallest absolute Gasteiger partial charge is 0.123 e. The molecule has 0 amide bonds. The van der Waals surface area contributed by atoms with Crippen LogP contribution in [0.2, 0.25) is 0 Å². The van der Waals surface area contributed by atoms with Crippen LogP contribution in [0.4, 0.5) is 4.39 Å². The molecule has 0 saturated carbocycles. The lowest BCUT2D eigenvalue weighted by molar-refractivity contribution is 0.616. The third-order valence-corrected chi connectivity index (χ3v) is 4.83. The zero-order chi connectivity index (χ0) is 15.6. The van der Waals surface area contributed by atoms with Crippen LogP contribution >= 0.6 is 11.3 Å². The topological polar surface area (TPSA) is 24.1 Å². The molecule has 114 valence electrons. The van der Waals surface area contributed by atoms with E-state index in [0.717, 1.165) is 16.8 Å². The first-order chi connectivity index (χ1) is 11.3. The summed E-state index contributed by atoms with van der Waals surface area (Å²) in [7, 11) is 0. The van der Waals surface area contributed by atoms with Gasteiger partial charge in [-0.2, -0.15) is 0 Å². The van der Waals surface area contributed by atoms with Crippen LogP contribution in [-0.4, -0.2) is 0 Å². The van der Waals surface area contributed by atoms with Gasteiger partial charge in [-0.25, -0.2) is 9.82 Å². The third kappa shape index (κ3) is 2.91. The van der Waals surface area contributed by atoms with Gasteiger partial charge in [-0.15, -0.1) is 11.3 Å². The Morgan fingerprint density at radius 1 is 0.870 bits per heavy atom. The Morgan fingerprint density at radius 2 is 1.57 bits per heavy atom. The van der Waals surface area contributed by atoms with Crippen LogP contribution in [0.25, 0.3) is 16.8 Å². The van der Waals surface area contributed by atoms with Crippen LogP contribution in [0.5, 0.6) is 0 Å². The Morgan fingerprint density at radius 3 is 2.22 bits per heavy atom. The fraction of sp³-hybridized carbons (Fsp3) is 0.0526. The zero-order valence-corrected chi connectivity index (χ0v) is 13.1. The molecule has 0 aliphatic carbocycles. The van der Waals surface area contributed by atoms with Gasteiger partial charge in [0, 0.05) is 0 Å². The van der Waals surface area contributed by atoms with Crippen molar-refractivity contribution in [3.8, 4) is 11.1 Å². The van der Waals surface area contributed by atoms with Crippen LogP contribution in [-0.2, 0) is 0 Å². The van der Waals surface area contributed by atoms with E-state index in [9.17, 15) is 4.39 Å². The zero-order valence-electron chi connectivity index (χ0n) is 12.3. The van der Waals surface area contributed by atoms with Crippen molar-refractivity contribution in [2.24, 2.45) is 0 Å². The molecule has 2 N–H and O–H groups in total. The SMILES string of the molecule is Fc1ccc(-c2ccc(C3C=C(c4cccs4)NN3)cc2)cc1. The van der Waals surface area contributed by atoms with Gasteiger partial charge in [0.15, 0.2) is 0 Å². The Bertz CT molecular complexity index is 821. The minimum atomic E-state index is -0.210. The number of hydrogen-bond donors (Lipinski definition) is 2. The standard InChI is InChI=1S/C19H15FN2S/c20-16-9-7-14(8-10-16)13-3-5-15(6-4-13)17-12-18(22-21-17)19-2-1-11-23-19/h1-12,17,21-22H. The minimum Gasteiger partial charge on any atom is -0.319 e. The molecule has 4 rings (SSSR count). The molecule has 1 aliphatic rings. The molecule has 1 unspecified atom stereocenters. The summed E-state index contributed by atoms with van der Waals surface area (Å²) >= 11 is 1.72. The van der Waals surface area contributed by atoms with Crippen LogP contribution < -0.4 is 10.9 Å². The average Bonchev–Trinajstić information content (AvgIpc) is 3.27. The van der Waals surface area contributed by atoms with Gasteiger partial charge in [0.05, 0.1) is 16.6 Å². The van der Waals surface area contributed by atoms with Gasteiger partial charge in [-0.1, -0.05) is 42.5 Å². The van der Waals surface area contributed by atoms with E-state index >= 15 is 0 Å². The lowest BCUT2D eigenvalue weighted by Gasteiger charge is -2.10. The first-order valence-electron chi connectivity index (χ1n) is 7.43. The molecule has 23 heavy (non-hydrogen) atoms. The van der Waals surface area contributed by atoms with Gasteiger partial charge in [-0.3, -0.25) is 0 Å². The van der Waals surface area contributed by atoms with Crippen molar-refractivity contribution in [2.75, 3.05) is 0 Å². The minimum absolute atomic E-state index is 0.148. The Labute approximate surface area is 138 Å². The lowest BCUT2D eigenvalue weighted by Crippen LogP contribution is -2.26. The van der Waals surface area contributed by atoms with Gasteiger partial charge in [0.1, 0.15) is 5.82 Å². The largest absolute Gasteiger partial charge is 0.319 e. The second-order valence-electron chi connectivity index (χ2n) is 5.43. The second-order valence-corrected chi connectivity index (χ2v) is 6.38. The molecule has 0 bridgehead atoms. The molecule has 0 radical (unpaired) electrons. The molecular formula is C19H15FN2S. The highest BCUT2D eigenvalue weighted by Gasteiger charge is 2.17. The van der Waals surface area contributed by atoms with E-state index in [-0.39, 0.29) is 11.9 Å².